The van der Waals surface area contributed by atoms with Gasteiger partial charge in [-0.05, 0) is 31.9 Å². The lowest BCUT2D eigenvalue weighted by atomic mass is 10.1. The monoisotopic (exact) mass is 344 g/mol. The highest BCUT2D eigenvalue weighted by molar-refractivity contribution is 7.15. The minimum atomic E-state index is -4.35. The van der Waals surface area contributed by atoms with E-state index in [-0.39, 0.29) is 10.7 Å². The predicted molar refractivity (Wildman–Crippen MR) is 85.4 cm³/mol. The van der Waals surface area contributed by atoms with Gasteiger partial charge >= 0.3 is 6.18 Å². The third-order valence-electron chi connectivity index (χ3n) is 2.89. The molecule has 1 aromatic carbocycles. The lowest BCUT2D eigenvalue weighted by Crippen LogP contribution is -2.18. The molecular formula is C16H19F3N2OS. The second-order valence-electron chi connectivity index (χ2n) is 6.10. The Morgan fingerprint density at radius 3 is 2.48 bits per heavy atom. The molecule has 1 heterocycles. The van der Waals surface area contributed by atoms with Crippen LogP contribution in [-0.4, -0.2) is 10.6 Å². The zero-order valence-corrected chi connectivity index (χ0v) is 14.0. The number of hydrogen-bond donors (Lipinski definition) is 1. The lowest BCUT2D eigenvalue weighted by Gasteiger charge is -2.19. The molecule has 23 heavy (non-hydrogen) atoms. The molecule has 0 saturated heterocycles. The summed E-state index contributed by atoms with van der Waals surface area (Å²) in [6.07, 6.45) is -3.50. The molecule has 126 valence electrons. The van der Waals surface area contributed by atoms with Crippen molar-refractivity contribution in [1.82, 2.24) is 4.98 Å². The standard InChI is InChI=1S/C16H19F3N2OS/c1-15(2,3)22-10-12-6-4-5-11(7-12)8-20-14-21-9-13(23-14)16(17,18)19/h4-7,9H,8,10H2,1-3H3,(H,20,21). The average molecular weight is 344 g/mol. The molecule has 0 saturated carbocycles. The molecule has 0 radical (unpaired) electrons. The molecule has 0 spiro atoms. The summed E-state index contributed by atoms with van der Waals surface area (Å²) in [6.45, 7) is 6.86. The fraction of sp³-hybridized carbons (Fsp3) is 0.438. The molecule has 0 amide bonds. The Kier molecular flexibility index (Phi) is 5.31. The van der Waals surface area contributed by atoms with E-state index in [0.717, 1.165) is 17.3 Å². The van der Waals surface area contributed by atoms with E-state index < -0.39 is 11.1 Å². The number of thiazole rings is 1. The number of hydrogen-bond acceptors (Lipinski definition) is 4. The van der Waals surface area contributed by atoms with E-state index in [1.807, 2.05) is 45.0 Å². The predicted octanol–water partition coefficient (Wildman–Crippen LogP) is 5.09. The summed E-state index contributed by atoms with van der Waals surface area (Å²) in [6, 6.07) is 7.74. The van der Waals surface area contributed by atoms with E-state index >= 15 is 0 Å². The maximum absolute atomic E-state index is 12.5. The Bertz CT molecular complexity index is 647. The van der Waals surface area contributed by atoms with E-state index in [0.29, 0.717) is 24.5 Å². The van der Waals surface area contributed by atoms with Crippen LogP contribution in [-0.2, 0) is 24.1 Å². The smallest absolute Gasteiger partial charge is 0.371 e. The molecule has 0 aliphatic carbocycles. The first-order chi connectivity index (χ1) is 10.6. The molecule has 7 heteroatoms. The van der Waals surface area contributed by atoms with Crippen LogP contribution in [0.5, 0.6) is 0 Å². The Hall–Kier alpha value is -1.60. The summed E-state index contributed by atoms with van der Waals surface area (Å²) in [7, 11) is 0. The van der Waals surface area contributed by atoms with Crippen molar-refractivity contribution in [2.45, 2.75) is 45.7 Å². The van der Waals surface area contributed by atoms with Gasteiger partial charge in [-0.25, -0.2) is 4.98 Å². The Morgan fingerprint density at radius 1 is 1.17 bits per heavy atom. The normalized spacial score (nSPS) is 12.4. The van der Waals surface area contributed by atoms with Gasteiger partial charge < -0.3 is 10.1 Å². The molecule has 3 nitrogen and oxygen atoms in total. The van der Waals surface area contributed by atoms with E-state index in [1.165, 1.54) is 0 Å². The van der Waals surface area contributed by atoms with Crippen molar-refractivity contribution in [1.29, 1.82) is 0 Å². The second kappa shape index (κ2) is 6.88. The molecule has 1 aromatic heterocycles. The van der Waals surface area contributed by atoms with Crippen molar-refractivity contribution in [3.63, 3.8) is 0 Å². The van der Waals surface area contributed by atoms with Crippen LogP contribution >= 0.6 is 11.3 Å². The fourth-order valence-corrected chi connectivity index (χ4v) is 2.47. The van der Waals surface area contributed by atoms with E-state index in [9.17, 15) is 13.2 Å². The largest absolute Gasteiger partial charge is 0.427 e. The molecule has 2 aromatic rings. The highest BCUT2D eigenvalue weighted by Gasteiger charge is 2.33. The number of anilines is 1. The molecule has 0 aliphatic rings. The average Bonchev–Trinajstić information content (AvgIpc) is 2.92. The van der Waals surface area contributed by atoms with E-state index in [4.69, 9.17) is 4.74 Å². The van der Waals surface area contributed by atoms with Crippen LogP contribution in [0, 0.1) is 0 Å². The van der Waals surface area contributed by atoms with Gasteiger partial charge in [-0.1, -0.05) is 35.6 Å². The number of nitrogens with zero attached hydrogens (tertiary/aromatic N) is 1. The quantitative estimate of drug-likeness (QED) is 0.820. The number of alkyl halides is 3. The van der Waals surface area contributed by atoms with Gasteiger partial charge in [0, 0.05) is 6.54 Å². The highest BCUT2D eigenvalue weighted by Crippen LogP contribution is 2.35. The van der Waals surface area contributed by atoms with Crippen molar-refractivity contribution < 1.29 is 17.9 Å². The number of halogens is 3. The molecule has 2 rings (SSSR count). The summed E-state index contributed by atoms with van der Waals surface area (Å²) in [4.78, 5) is 3.05. The molecule has 0 aliphatic heterocycles. The van der Waals surface area contributed by atoms with Crippen molar-refractivity contribution in [2.75, 3.05) is 5.32 Å². The molecule has 0 fully saturated rings. The van der Waals surface area contributed by atoms with Crippen LogP contribution in [0.4, 0.5) is 18.3 Å². The Morgan fingerprint density at radius 2 is 1.87 bits per heavy atom. The van der Waals surface area contributed by atoms with E-state index in [2.05, 4.69) is 10.3 Å². The van der Waals surface area contributed by atoms with Crippen molar-refractivity contribution >= 4 is 16.5 Å². The van der Waals surface area contributed by atoms with E-state index in [1.54, 1.807) is 0 Å². The van der Waals surface area contributed by atoms with Crippen molar-refractivity contribution in [2.24, 2.45) is 0 Å². The number of rotatable bonds is 5. The van der Waals surface area contributed by atoms with Gasteiger partial charge in [-0.2, -0.15) is 13.2 Å². The fourth-order valence-electron chi connectivity index (χ4n) is 1.79. The number of ether oxygens (including phenoxy) is 1. The first kappa shape index (κ1) is 17.7. The number of nitrogens with one attached hydrogen (secondary N) is 1. The first-order valence-corrected chi connectivity index (χ1v) is 7.94. The van der Waals surface area contributed by atoms with Crippen LogP contribution in [0.15, 0.2) is 30.5 Å². The summed E-state index contributed by atoms with van der Waals surface area (Å²) in [5.41, 5.74) is 1.77. The topological polar surface area (TPSA) is 34.1 Å². The maximum Gasteiger partial charge on any atom is 0.427 e. The van der Waals surface area contributed by atoms with Gasteiger partial charge in [0.1, 0.15) is 4.88 Å². The van der Waals surface area contributed by atoms with Crippen LogP contribution in [0.2, 0.25) is 0 Å². The third kappa shape index (κ3) is 5.84. The molecular weight excluding hydrogens is 325 g/mol. The summed E-state index contributed by atoms with van der Waals surface area (Å²) >= 11 is 0.605. The molecule has 1 N–H and O–H groups in total. The minimum Gasteiger partial charge on any atom is -0.371 e. The first-order valence-electron chi connectivity index (χ1n) is 7.12. The Labute approximate surface area is 137 Å². The summed E-state index contributed by atoms with van der Waals surface area (Å²) in [5, 5.41) is 3.18. The van der Waals surface area contributed by atoms with Crippen molar-refractivity contribution in [3.8, 4) is 0 Å². The van der Waals surface area contributed by atoms with Gasteiger partial charge in [0.25, 0.3) is 0 Å². The van der Waals surface area contributed by atoms with Gasteiger partial charge in [0.05, 0.1) is 18.4 Å². The number of benzene rings is 1. The molecule has 0 unspecified atom stereocenters. The Balaban J connectivity index is 1.94. The van der Waals surface area contributed by atoms with Crippen LogP contribution in [0.1, 0.15) is 36.8 Å². The van der Waals surface area contributed by atoms with Crippen LogP contribution in [0.3, 0.4) is 0 Å². The van der Waals surface area contributed by atoms with Crippen LogP contribution in [0.25, 0.3) is 0 Å². The van der Waals surface area contributed by atoms with Crippen molar-refractivity contribution in [3.05, 3.63) is 46.5 Å². The molecule has 0 atom stereocenters. The highest BCUT2D eigenvalue weighted by atomic mass is 32.1. The third-order valence-corrected chi connectivity index (χ3v) is 3.89. The SMILES string of the molecule is CC(C)(C)OCc1cccc(CNc2ncc(C(F)(F)F)s2)c1. The second-order valence-corrected chi connectivity index (χ2v) is 7.13. The van der Waals surface area contributed by atoms with Gasteiger partial charge in [0.15, 0.2) is 5.13 Å². The zero-order chi connectivity index (χ0) is 17.1. The van der Waals surface area contributed by atoms with Gasteiger partial charge in [-0.15, -0.1) is 0 Å². The minimum absolute atomic E-state index is 0.219. The zero-order valence-electron chi connectivity index (χ0n) is 13.2. The summed E-state index contributed by atoms with van der Waals surface area (Å²) < 4.78 is 43.3. The maximum atomic E-state index is 12.5. The lowest BCUT2D eigenvalue weighted by molar-refractivity contribution is -0.134. The summed E-state index contributed by atoms with van der Waals surface area (Å²) in [5.74, 6) is 0. The molecule has 0 bridgehead atoms. The van der Waals surface area contributed by atoms with Gasteiger partial charge in [0.2, 0.25) is 0 Å². The van der Waals surface area contributed by atoms with Gasteiger partial charge in [-0.3, -0.25) is 0 Å². The number of aromatic nitrogens is 1. The van der Waals surface area contributed by atoms with Crippen LogP contribution < -0.4 is 5.32 Å².